The molecule has 170 valence electrons. The molecule has 1 aromatic heterocycles. The van der Waals surface area contributed by atoms with Gasteiger partial charge in [0.05, 0.1) is 6.61 Å². The number of rotatable bonds is 8. The summed E-state index contributed by atoms with van der Waals surface area (Å²) in [7, 11) is 0. The van der Waals surface area contributed by atoms with E-state index in [4.69, 9.17) is 9.15 Å². The Bertz CT molecular complexity index is 1260. The number of benzene rings is 3. The van der Waals surface area contributed by atoms with Crippen molar-refractivity contribution in [3.63, 3.8) is 0 Å². The highest BCUT2D eigenvalue weighted by molar-refractivity contribution is 6.04. The van der Waals surface area contributed by atoms with Crippen LogP contribution in [0.15, 0.2) is 71.1 Å². The van der Waals surface area contributed by atoms with Crippen molar-refractivity contribution in [1.29, 1.82) is 0 Å². The van der Waals surface area contributed by atoms with E-state index in [-0.39, 0.29) is 5.91 Å². The Morgan fingerprint density at radius 1 is 1.03 bits per heavy atom. The van der Waals surface area contributed by atoms with Crippen LogP contribution in [-0.2, 0) is 0 Å². The van der Waals surface area contributed by atoms with Gasteiger partial charge in [-0.25, -0.2) is 4.98 Å². The Morgan fingerprint density at radius 3 is 2.64 bits per heavy atom. The van der Waals surface area contributed by atoms with Crippen LogP contribution in [0.2, 0.25) is 0 Å². The molecule has 0 saturated carbocycles. The largest absolute Gasteiger partial charge is 0.493 e. The molecule has 5 nitrogen and oxygen atoms in total. The molecule has 0 saturated heterocycles. The molecule has 0 fully saturated rings. The molecule has 1 N–H and O–H groups in total. The van der Waals surface area contributed by atoms with Crippen LogP contribution in [0.4, 0.5) is 5.69 Å². The number of aromatic nitrogens is 1. The summed E-state index contributed by atoms with van der Waals surface area (Å²) < 4.78 is 11.7. The van der Waals surface area contributed by atoms with Crippen LogP contribution in [0.25, 0.3) is 22.6 Å². The van der Waals surface area contributed by atoms with Gasteiger partial charge in [0.1, 0.15) is 11.3 Å². The molecule has 0 radical (unpaired) electrons. The summed E-state index contributed by atoms with van der Waals surface area (Å²) in [6.45, 7) is 9.17. The first-order chi connectivity index (χ1) is 15.9. The fourth-order valence-electron chi connectivity index (χ4n) is 3.53. The lowest BCUT2D eigenvalue weighted by atomic mass is 9.98. The monoisotopic (exact) mass is 442 g/mol. The van der Waals surface area contributed by atoms with Crippen molar-refractivity contribution in [1.82, 2.24) is 4.98 Å². The number of nitrogens with one attached hydrogen (secondary N) is 1. The number of carbonyl (C=O) groups is 1. The molecule has 33 heavy (non-hydrogen) atoms. The third kappa shape index (κ3) is 5.43. The number of fused-ring (bicyclic) bond motifs is 1. The minimum Gasteiger partial charge on any atom is -0.493 e. The topological polar surface area (TPSA) is 64.4 Å². The van der Waals surface area contributed by atoms with E-state index in [0.29, 0.717) is 41.3 Å². The highest BCUT2D eigenvalue weighted by Gasteiger charge is 2.13. The van der Waals surface area contributed by atoms with Crippen LogP contribution in [0.1, 0.15) is 56.0 Å². The average molecular weight is 443 g/mol. The molecule has 1 amide bonds. The van der Waals surface area contributed by atoms with Crippen molar-refractivity contribution in [2.24, 2.45) is 5.92 Å². The van der Waals surface area contributed by atoms with Crippen LogP contribution >= 0.6 is 0 Å². The third-order valence-electron chi connectivity index (χ3n) is 5.64. The summed E-state index contributed by atoms with van der Waals surface area (Å²) in [5, 5.41) is 2.96. The summed E-state index contributed by atoms with van der Waals surface area (Å²) in [5.74, 6) is 1.92. The number of ether oxygens (including phenoxy) is 1. The highest BCUT2D eigenvalue weighted by Crippen LogP contribution is 2.29. The molecule has 0 spiro atoms. The number of amides is 1. The van der Waals surface area contributed by atoms with Crippen molar-refractivity contribution < 1.29 is 13.9 Å². The van der Waals surface area contributed by atoms with Crippen LogP contribution < -0.4 is 10.1 Å². The zero-order valence-corrected chi connectivity index (χ0v) is 19.6. The molecular formula is C28H30N2O3. The quantitative estimate of drug-likeness (QED) is 0.311. The SMILES string of the molecule is CC[C@H](C)c1ccc2oc(-c3cccc(NC(=O)c4cccc(OCC(C)C)c4)c3)nc2c1. The molecule has 0 bridgehead atoms. The highest BCUT2D eigenvalue weighted by atomic mass is 16.5. The predicted octanol–water partition coefficient (Wildman–Crippen LogP) is 7.30. The number of hydrogen-bond acceptors (Lipinski definition) is 4. The number of hydrogen-bond donors (Lipinski definition) is 1. The van der Waals surface area contributed by atoms with Crippen LogP contribution in [0, 0.1) is 5.92 Å². The lowest BCUT2D eigenvalue weighted by molar-refractivity contribution is 0.102. The smallest absolute Gasteiger partial charge is 0.255 e. The van der Waals surface area contributed by atoms with E-state index >= 15 is 0 Å². The van der Waals surface area contributed by atoms with Gasteiger partial charge in [0, 0.05) is 16.8 Å². The van der Waals surface area contributed by atoms with E-state index in [1.807, 2.05) is 42.5 Å². The summed E-state index contributed by atoms with van der Waals surface area (Å²) >= 11 is 0. The van der Waals surface area contributed by atoms with E-state index in [2.05, 4.69) is 50.1 Å². The van der Waals surface area contributed by atoms with E-state index in [9.17, 15) is 4.79 Å². The maximum absolute atomic E-state index is 12.8. The van der Waals surface area contributed by atoms with Gasteiger partial charge in [0.2, 0.25) is 5.89 Å². The molecule has 1 heterocycles. The Balaban J connectivity index is 1.52. The zero-order valence-electron chi connectivity index (χ0n) is 19.6. The fourth-order valence-corrected chi connectivity index (χ4v) is 3.53. The van der Waals surface area contributed by atoms with E-state index in [1.54, 1.807) is 12.1 Å². The van der Waals surface area contributed by atoms with E-state index in [0.717, 1.165) is 23.1 Å². The van der Waals surface area contributed by atoms with Gasteiger partial charge in [0.15, 0.2) is 5.58 Å². The van der Waals surface area contributed by atoms with Crippen molar-refractivity contribution >= 4 is 22.7 Å². The summed E-state index contributed by atoms with van der Waals surface area (Å²) in [5.41, 5.74) is 4.88. The Morgan fingerprint density at radius 2 is 1.85 bits per heavy atom. The lowest BCUT2D eigenvalue weighted by Gasteiger charge is -2.10. The Kier molecular flexibility index (Phi) is 6.78. The van der Waals surface area contributed by atoms with Gasteiger partial charge < -0.3 is 14.5 Å². The first-order valence-electron chi connectivity index (χ1n) is 11.5. The average Bonchev–Trinajstić information content (AvgIpc) is 3.26. The van der Waals surface area contributed by atoms with Crippen molar-refractivity contribution in [3.8, 4) is 17.2 Å². The first kappa shape index (κ1) is 22.6. The third-order valence-corrected chi connectivity index (χ3v) is 5.64. The van der Waals surface area contributed by atoms with Gasteiger partial charge in [-0.15, -0.1) is 0 Å². The minimum absolute atomic E-state index is 0.196. The molecule has 0 aliphatic carbocycles. The second-order valence-electron chi connectivity index (χ2n) is 8.82. The number of anilines is 1. The van der Waals surface area contributed by atoms with Crippen molar-refractivity contribution in [2.75, 3.05) is 11.9 Å². The molecule has 0 aliphatic heterocycles. The summed E-state index contributed by atoms with van der Waals surface area (Å²) in [6, 6.07) is 20.9. The van der Waals surface area contributed by atoms with Crippen molar-refractivity contribution in [2.45, 2.75) is 40.0 Å². The molecule has 0 unspecified atom stereocenters. The Hall–Kier alpha value is -3.60. The van der Waals surface area contributed by atoms with E-state index in [1.165, 1.54) is 5.56 Å². The molecule has 5 heteroatoms. The van der Waals surface area contributed by atoms with Crippen LogP contribution in [-0.4, -0.2) is 17.5 Å². The summed E-state index contributed by atoms with van der Waals surface area (Å²) in [4.78, 5) is 17.5. The van der Waals surface area contributed by atoms with E-state index < -0.39 is 0 Å². The van der Waals surface area contributed by atoms with Gasteiger partial charge in [-0.05, 0) is 72.4 Å². The van der Waals surface area contributed by atoms with Gasteiger partial charge in [-0.3, -0.25) is 4.79 Å². The van der Waals surface area contributed by atoms with Crippen molar-refractivity contribution in [3.05, 3.63) is 77.9 Å². The van der Waals surface area contributed by atoms with Crippen LogP contribution in [0.5, 0.6) is 5.75 Å². The van der Waals surface area contributed by atoms with Gasteiger partial charge in [0.25, 0.3) is 5.91 Å². The summed E-state index contributed by atoms with van der Waals surface area (Å²) in [6.07, 6.45) is 1.07. The maximum Gasteiger partial charge on any atom is 0.255 e. The van der Waals surface area contributed by atoms with Crippen LogP contribution in [0.3, 0.4) is 0 Å². The predicted molar refractivity (Wildman–Crippen MR) is 133 cm³/mol. The zero-order chi connectivity index (χ0) is 23.4. The number of nitrogens with zero attached hydrogens (tertiary/aromatic N) is 1. The molecule has 1 atom stereocenters. The second kappa shape index (κ2) is 9.90. The number of carbonyl (C=O) groups excluding carboxylic acids is 1. The van der Waals surface area contributed by atoms with Gasteiger partial charge in [-0.2, -0.15) is 0 Å². The normalized spacial score (nSPS) is 12.2. The standard InChI is InChI=1S/C28H30N2O3/c1-5-19(4)20-12-13-26-25(16-20)30-28(33-26)22-9-6-10-23(14-22)29-27(31)21-8-7-11-24(15-21)32-17-18(2)3/h6-16,18-19H,5,17H2,1-4H3,(H,29,31)/t19-/m0/s1. The maximum atomic E-state index is 12.8. The lowest BCUT2D eigenvalue weighted by Crippen LogP contribution is -2.12. The number of oxazole rings is 1. The minimum atomic E-state index is -0.196. The van der Waals surface area contributed by atoms with Gasteiger partial charge >= 0.3 is 0 Å². The molecule has 3 aromatic carbocycles. The molecule has 0 aliphatic rings. The molecule has 4 aromatic rings. The molecular weight excluding hydrogens is 412 g/mol. The first-order valence-corrected chi connectivity index (χ1v) is 11.5. The molecule has 4 rings (SSSR count). The Labute approximate surface area is 194 Å². The second-order valence-corrected chi connectivity index (χ2v) is 8.82. The fraction of sp³-hybridized carbons (Fsp3) is 0.286. The van der Waals surface area contributed by atoms with Gasteiger partial charge in [-0.1, -0.05) is 45.9 Å².